The minimum atomic E-state index is -0.222. The van der Waals surface area contributed by atoms with Gasteiger partial charge in [0.2, 0.25) is 0 Å². The highest BCUT2D eigenvalue weighted by atomic mass is 35.5. The van der Waals surface area contributed by atoms with Gasteiger partial charge in [0.25, 0.3) is 5.91 Å². The maximum atomic E-state index is 12.6. The number of ether oxygens (including phenoxy) is 1. The number of para-hydroxylation sites is 1. The van der Waals surface area contributed by atoms with E-state index >= 15 is 0 Å². The number of fused-ring (bicyclic) bond motifs is 1. The Balaban J connectivity index is 1.57. The van der Waals surface area contributed by atoms with Gasteiger partial charge in [-0.2, -0.15) is 0 Å². The molecule has 0 unspecified atom stereocenters. The summed E-state index contributed by atoms with van der Waals surface area (Å²) in [7, 11) is 1.54. The molecule has 6 heteroatoms. The number of carbonyl (C=O) groups excluding carboxylic acids is 1. The van der Waals surface area contributed by atoms with Crippen LogP contribution < -0.4 is 10.1 Å². The number of thiazole rings is 1. The third-order valence-electron chi connectivity index (χ3n) is 4.43. The summed E-state index contributed by atoms with van der Waals surface area (Å²) in [6.07, 6.45) is 0. The van der Waals surface area contributed by atoms with Crippen molar-refractivity contribution in [3.05, 3.63) is 76.8 Å². The normalized spacial score (nSPS) is 10.8. The van der Waals surface area contributed by atoms with Gasteiger partial charge >= 0.3 is 0 Å². The van der Waals surface area contributed by atoms with Crippen LogP contribution in [0.1, 0.15) is 15.9 Å². The van der Waals surface area contributed by atoms with E-state index < -0.39 is 0 Å². The molecule has 0 bridgehead atoms. The van der Waals surface area contributed by atoms with Gasteiger partial charge in [-0.1, -0.05) is 23.7 Å². The van der Waals surface area contributed by atoms with Crippen molar-refractivity contribution in [2.24, 2.45) is 0 Å². The number of aromatic nitrogens is 1. The van der Waals surface area contributed by atoms with Crippen LogP contribution in [0.15, 0.2) is 60.7 Å². The van der Waals surface area contributed by atoms with Crippen molar-refractivity contribution in [2.45, 2.75) is 6.92 Å². The Morgan fingerprint density at radius 2 is 1.93 bits per heavy atom. The molecule has 0 radical (unpaired) electrons. The molecule has 1 amide bonds. The number of benzene rings is 3. The van der Waals surface area contributed by atoms with Crippen molar-refractivity contribution in [1.82, 2.24) is 4.98 Å². The summed E-state index contributed by atoms with van der Waals surface area (Å²) >= 11 is 7.77. The zero-order chi connectivity index (χ0) is 19.7. The molecule has 0 fully saturated rings. The predicted octanol–water partition coefficient (Wildman–Crippen LogP) is 6.19. The number of hydrogen-bond donors (Lipinski definition) is 1. The molecule has 0 saturated heterocycles. The number of halogens is 1. The number of rotatable bonds is 4. The molecule has 4 nitrogen and oxygen atoms in total. The van der Waals surface area contributed by atoms with Crippen LogP contribution >= 0.6 is 22.9 Å². The average Bonchev–Trinajstić information content (AvgIpc) is 3.13. The van der Waals surface area contributed by atoms with Crippen LogP contribution in [-0.2, 0) is 0 Å². The molecule has 4 aromatic rings. The Morgan fingerprint density at radius 1 is 1.11 bits per heavy atom. The first kappa shape index (κ1) is 18.5. The fourth-order valence-corrected chi connectivity index (χ4v) is 4.15. The number of amides is 1. The van der Waals surface area contributed by atoms with Crippen LogP contribution in [0.25, 0.3) is 20.8 Å². The van der Waals surface area contributed by atoms with Crippen LogP contribution in [-0.4, -0.2) is 18.0 Å². The van der Waals surface area contributed by atoms with Crippen LogP contribution in [0.4, 0.5) is 5.69 Å². The topological polar surface area (TPSA) is 51.2 Å². The molecule has 0 saturated carbocycles. The van der Waals surface area contributed by atoms with E-state index in [2.05, 4.69) is 11.4 Å². The number of carbonyl (C=O) groups is 1. The van der Waals surface area contributed by atoms with E-state index in [9.17, 15) is 4.79 Å². The van der Waals surface area contributed by atoms with Gasteiger partial charge < -0.3 is 10.1 Å². The molecule has 3 aromatic carbocycles. The predicted molar refractivity (Wildman–Crippen MR) is 116 cm³/mol. The van der Waals surface area contributed by atoms with E-state index in [1.54, 1.807) is 29.5 Å². The minimum Gasteiger partial charge on any atom is -0.495 e. The first-order valence-corrected chi connectivity index (χ1v) is 9.86. The lowest BCUT2D eigenvalue weighted by atomic mass is 10.1. The fraction of sp³-hybridized carbons (Fsp3) is 0.0909. The lowest BCUT2D eigenvalue weighted by Crippen LogP contribution is -2.12. The number of nitrogens with zero attached hydrogens (tertiary/aromatic N) is 1. The Labute approximate surface area is 171 Å². The first-order chi connectivity index (χ1) is 13.5. The lowest BCUT2D eigenvalue weighted by molar-refractivity contribution is 0.102. The highest BCUT2D eigenvalue weighted by Crippen LogP contribution is 2.32. The molecule has 1 heterocycles. The zero-order valence-electron chi connectivity index (χ0n) is 15.3. The molecule has 28 heavy (non-hydrogen) atoms. The van der Waals surface area contributed by atoms with Crippen LogP contribution in [0.3, 0.4) is 0 Å². The number of anilines is 1. The van der Waals surface area contributed by atoms with Crippen molar-refractivity contribution in [3.63, 3.8) is 0 Å². The Bertz CT molecular complexity index is 1150. The van der Waals surface area contributed by atoms with Crippen molar-refractivity contribution in [2.75, 3.05) is 12.4 Å². The van der Waals surface area contributed by atoms with E-state index in [0.29, 0.717) is 16.3 Å². The number of aryl methyl sites for hydroxylation is 1. The summed E-state index contributed by atoms with van der Waals surface area (Å²) < 4.78 is 6.28. The van der Waals surface area contributed by atoms with Crippen LogP contribution in [0.2, 0.25) is 5.02 Å². The van der Waals surface area contributed by atoms with Crippen LogP contribution in [0, 0.1) is 6.92 Å². The number of methoxy groups -OCH3 is 1. The molecule has 0 aliphatic rings. The smallest absolute Gasteiger partial charge is 0.255 e. The van der Waals surface area contributed by atoms with Gasteiger partial charge in [0.15, 0.2) is 0 Å². The maximum Gasteiger partial charge on any atom is 0.255 e. The largest absolute Gasteiger partial charge is 0.495 e. The third-order valence-corrected chi connectivity index (χ3v) is 5.81. The van der Waals surface area contributed by atoms with Crippen molar-refractivity contribution in [1.29, 1.82) is 0 Å². The SMILES string of the molecule is COc1ccc(C(=O)Nc2ccc(-c3nc4ccccc4s3)cc2C)cc1Cl. The van der Waals surface area contributed by atoms with Crippen LogP contribution in [0.5, 0.6) is 5.75 Å². The molecule has 0 atom stereocenters. The molecular weight excluding hydrogens is 392 g/mol. The third kappa shape index (κ3) is 3.59. The lowest BCUT2D eigenvalue weighted by Gasteiger charge is -2.11. The second-order valence-electron chi connectivity index (χ2n) is 6.32. The highest BCUT2D eigenvalue weighted by Gasteiger charge is 2.12. The second-order valence-corrected chi connectivity index (χ2v) is 7.76. The fourth-order valence-electron chi connectivity index (χ4n) is 2.93. The highest BCUT2D eigenvalue weighted by molar-refractivity contribution is 7.21. The summed E-state index contributed by atoms with van der Waals surface area (Å²) in [4.78, 5) is 17.3. The van der Waals surface area contributed by atoms with E-state index in [1.165, 1.54) is 7.11 Å². The van der Waals surface area contributed by atoms with E-state index in [-0.39, 0.29) is 5.91 Å². The zero-order valence-corrected chi connectivity index (χ0v) is 16.9. The van der Waals surface area contributed by atoms with E-state index in [4.69, 9.17) is 21.3 Å². The van der Waals surface area contributed by atoms with Gasteiger partial charge in [-0.3, -0.25) is 4.79 Å². The van der Waals surface area contributed by atoms with Gasteiger partial charge in [0.05, 0.1) is 22.3 Å². The molecule has 0 spiro atoms. The molecule has 1 aromatic heterocycles. The minimum absolute atomic E-state index is 0.222. The van der Waals surface area contributed by atoms with Crippen molar-refractivity contribution >= 4 is 44.7 Å². The Morgan fingerprint density at radius 3 is 2.64 bits per heavy atom. The first-order valence-electron chi connectivity index (χ1n) is 8.66. The van der Waals surface area contributed by atoms with Crippen molar-refractivity contribution < 1.29 is 9.53 Å². The van der Waals surface area contributed by atoms with Gasteiger partial charge in [-0.25, -0.2) is 4.98 Å². The molecule has 0 aliphatic carbocycles. The Hall–Kier alpha value is -2.89. The average molecular weight is 409 g/mol. The molecule has 1 N–H and O–H groups in total. The monoisotopic (exact) mass is 408 g/mol. The standard InChI is InChI=1S/C22H17ClN2O2S/c1-13-11-15(22-25-18-5-3-4-6-20(18)28-22)7-9-17(13)24-21(26)14-8-10-19(27-2)16(23)12-14/h3-12H,1-2H3,(H,24,26). The number of hydrogen-bond acceptors (Lipinski definition) is 4. The molecule has 140 valence electrons. The summed E-state index contributed by atoms with van der Waals surface area (Å²) in [6.45, 7) is 1.97. The van der Waals surface area contributed by atoms with Gasteiger partial charge in [-0.15, -0.1) is 11.3 Å². The second kappa shape index (κ2) is 7.62. The van der Waals surface area contributed by atoms with Gasteiger partial charge in [0, 0.05) is 16.8 Å². The summed E-state index contributed by atoms with van der Waals surface area (Å²) in [5.74, 6) is 0.315. The molecular formula is C22H17ClN2O2S. The van der Waals surface area contributed by atoms with Crippen molar-refractivity contribution in [3.8, 4) is 16.3 Å². The molecule has 4 rings (SSSR count). The van der Waals surface area contributed by atoms with Gasteiger partial charge in [0.1, 0.15) is 10.8 Å². The summed E-state index contributed by atoms with van der Waals surface area (Å²) in [5.41, 5.74) is 4.21. The van der Waals surface area contributed by atoms with E-state index in [0.717, 1.165) is 32.0 Å². The Kier molecular flexibility index (Phi) is 5.03. The quantitative estimate of drug-likeness (QED) is 0.438. The number of nitrogens with one attached hydrogen (secondary N) is 1. The van der Waals surface area contributed by atoms with Gasteiger partial charge in [-0.05, 0) is 61.0 Å². The molecule has 0 aliphatic heterocycles. The maximum absolute atomic E-state index is 12.6. The summed E-state index contributed by atoms with van der Waals surface area (Å²) in [6, 6.07) is 19.0. The van der Waals surface area contributed by atoms with E-state index in [1.807, 2.05) is 43.3 Å². The summed E-state index contributed by atoms with van der Waals surface area (Å²) in [5, 5.41) is 4.30.